The van der Waals surface area contributed by atoms with Crippen LogP contribution in [0.3, 0.4) is 0 Å². The third-order valence-corrected chi connectivity index (χ3v) is 9.57. The molecular weight excluding hydrogens is 570 g/mol. The second kappa shape index (κ2) is 13.4. The van der Waals surface area contributed by atoms with Crippen molar-refractivity contribution in [3.05, 3.63) is 53.6 Å². The van der Waals surface area contributed by atoms with Crippen molar-refractivity contribution in [2.45, 2.75) is 37.7 Å². The lowest BCUT2D eigenvalue weighted by Crippen LogP contribution is -2.39. The van der Waals surface area contributed by atoms with Crippen LogP contribution in [0.25, 0.3) is 10.2 Å². The minimum atomic E-state index is -3.76. The van der Waals surface area contributed by atoms with Crippen molar-refractivity contribution in [3.63, 3.8) is 0 Å². The average molecular weight is 603 g/mol. The number of rotatable bonds is 11. The van der Waals surface area contributed by atoms with E-state index in [0.29, 0.717) is 17.9 Å². The van der Waals surface area contributed by atoms with Crippen LogP contribution in [0.2, 0.25) is 0 Å². The maximum atomic E-state index is 14.3. The van der Waals surface area contributed by atoms with Gasteiger partial charge in [0.2, 0.25) is 10.0 Å². The molecule has 4 rings (SSSR count). The molecule has 1 atom stereocenters. The highest BCUT2D eigenvalue weighted by Crippen LogP contribution is 2.32. The number of thiazole rings is 1. The molecule has 0 aliphatic carbocycles. The Kier molecular flexibility index (Phi) is 10.8. The summed E-state index contributed by atoms with van der Waals surface area (Å²) < 4.78 is 61.4. The van der Waals surface area contributed by atoms with E-state index in [1.807, 2.05) is 13.8 Å². The van der Waals surface area contributed by atoms with Crippen LogP contribution in [-0.2, 0) is 14.8 Å². The summed E-state index contributed by atoms with van der Waals surface area (Å²) >= 11 is 1.03. The number of amides is 1. The molecule has 8 nitrogen and oxygen atoms in total. The Morgan fingerprint density at radius 2 is 1.82 bits per heavy atom. The molecule has 1 saturated heterocycles. The molecule has 0 bridgehead atoms. The number of hydrogen-bond acceptors (Lipinski definition) is 7. The third-order valence-electron chi connectivity index (χ3n) is 6.71. The summed E-state index contributed by atoms with van der Waals surface area (Å²) in [5, 5.41) is 0.245. The number of fused-ring (bicyclic) bond motifs is 1. The Morgan fingerprint density at radius 1 is 1.13 bits per heavy atom. The minimum Gasteiger partial charge on any atom is -0.377 e. The lowest BCUT2D eigenvalue weighted by Gasteiger charge is -2.25. The van der Waals surface area contributed by atoms with Gasteiger partial charge < -0.3 is 9.64 Å². The van der Waals surface area contributed by atoms with Crippen LogP contribution in [0.5, 0.6) is 0 Å². The van der Waals surface area contributed by atoms with Gasteiger partial charge in [0, 0.05) is 44.9 Å². The van der Waals surface area contributed by atoms with Crippen molar-refractivity contribution in [2.24, 2.45) is 0 Å². The molecule has 1 aliphatic heterocycles. The van der Waals surface area contributed by atoms with E-state index in [4.69, 9.17) is 4.74 Å². The normalized spacial score (nSPS) is 15.7. The Hall–Kier alpha value is -2.22. The van der Waals surface area contributed by atoms with Gasteiger partial charge in [-0.05, 0) is 56.3 Å². The molecule has 214 valence electrons. The smallest absolute Gasteiger partial charge is 0.260 e. The van der Waals surface area contributed by atoms with Crippen molar-refractivity contribution in [3.8, 4) is 0 Å². The first-order valence-corrected chi connectivity index (χ1v) is 14.9. The fourth-order valence-electron chi connectivity index (χ4n) is 4.40. The molecule has 2 aromatic carbocycles. The number of likely N-dealkylation sites (N-methyl/N-ethyl adjacent to an activating group) is 2. The summed E-state index contributed by atoms with van der Waals surface area (Å²) in [5.74, 6) is -1.92. The van der Waals surface area contributed by atoms with Gasteiger partial charge in [-0.15, -0.1) is 12.4 Å². The predicted octanol–water partition coefficient (Wildman–Crippen LogP) is 4.78. The molecule has 13 heteroatoms. The fourth-order valence-corrected chi connectivity index (χ4v) is 6.64. The molecule has 39 heavy (non-hydrogen) atoms. The maximum Gasteiger partial charge on any atom is 0.260 e. The van der Waals surface area contributed by atoms with E-state index < -0.39 is 27.6 Å². The van der Waals surface area contributed by atoms with Gasteiger partial charge in [0.05, 0.1) is 15.7 Å². The Morgan fingerprint density at radius 3 is 2.44 bits per heavy atom. The third kappa shape index (κ3) is 7.11. The topological polar surface area (TPSA) is 83.1 Å². The van der Waals surface area contributed by atoms with E-state index in [1.54, 1.807) is 0 Å². The highest BCUT2D eigenvalue weighted by atomic mass is 35.5. The van der Waals surface area contributed by atoms with Gasteiger partial charge in [-0.2, -0.15) is 4.31 Å². The molecule has 0 radical (unpaired) electrons. The summed E-state index contributed by atoms with van der Waals surface area (Å²) in [6.45, 7) is 7.31. The van der Waals surface area contributed by atoms with Crippen LogP contribution in [0, 0.1) is 11.6 Å². The van der Waals surface area contributed by atoms with Crippen LogP contribution >= 0.6 is 23.7 Å². The number of halogens is 3. The van der Waals surface area contributed by atoms with Gasteiger partial charge in [-0.3, -0.25) is 9.69 Å². The Balaban J connectivity index is 0.00000420. The van der Waals surface area contributed by atoms with Crippen molar-refractivity contribution in [2.75, 3.05) is 51.3 Å². The monoisotopic (exact) mass is 602 g/mol. The average Bonchev–Trinajstić information content (AvgIpc) is 3.56. The van der Waals surface area contributed by atoms with Crippen molar-refractivity contribution < 1.29 is 26.7 Å². The summed E-state index contributed by atoms with van der Waals surface area (Å²) in [6.07, 6.45) is 1.61. The zero-order valence-electron chi connectivity index (χ0n) is 22.1. The molecule has 1 aromatic heterocycles. The molecule has 1 amide bonds. The summed E-state index contributed by atoms with van der Waals surface area (Å²) in [7, 11) is -2.25. The van der Waals surface area contributed by atoms with Crippen molar-refractivity contribution in [1.29, 1.82) is 0 Å². The van der Waals surface area contributed by atoms with Gasteiger partial charge in [-0.25, -0.2) is 22.2 Å². The molecular formula is C26H33ClF2N4O4S2. The number of aromatic nitrogens is 1. The lowest BCUT2D eigenvalue weighted by molar-refractivity contribution is 0.0978. The van der Waals surface area contributed by atoms with E-state index in [0.717, 1.165) is 43.3 Å². The standard InChI is InChI=1S/C26H32F2N4O4S2.ClH/c1-4-31(5-2)12-13-32(26-29-24-22(28)15-19(27)16-23(24)37-26)25(33)18-8-10-21(11-9-18)38(34,35)30(3)17-20-7-6-14-36-20;/h8-11,15-16,20H,4-7,12-14,17H2,1-3H3;1H. The Bertz CT molecular complexity index is 1380. The van der Waals surface area contributed by atoms with E-state index >= 15 is 0 Å². The first kappa shape index (κ1) is 31.3. The van der Waals surface area contributed by atoms with Crippen LogP contribution in [0.1, 0.15) is 37.0 Å². The molecule has 1 unspecified atom stereocenters. The Labute approximate surface area is 238 Å². The molecule has 3 aromatic rings. The number of carbonyl (C=O) groups is 1. The molecule has 2 heterocycles. The zero-order chi connectivity index (χ0) is 27.4. The first-order valence-electron chi connectivity index (χ1n) is 12.6. The zero-order valence-corrected chi connectivity index (χ0v) is 24.6. The molecule has 0 N–H and O–H groups in total. The van der Waals surface area contributed by atoms with Crippen LogP contribution in [0.4, 0.5) is 13.9 Å². The number of ether oxygens (including phenoxy) is 1. The predicted molar refractivity (Wildman–Crippen MR) is 151 cm³/mol. The number of nitrogens with zero attached hydrogens (tertiary/aromatic N) is 4. The van der Waals surface area contributed by atoms with E-state index in [-0.39, 0.29) is 52.7 Å². The highest BCUT2D eigenvalue weighted by Gasteiger charge is 2.27. The summed E-state index contributed by atoms with van der Waals surface area (Å²) in [6, 6.07) is 7.71. The number of carbonyl (C=O) groups excluding carboxylic acids is 1. The van der Waals surface area contributed by atoms with Gasteiger partial charge in [-0.1, -0.05) is 25.2 Å². The summed E-state index contributed by atoms with van der Waals surface area (Å²) in [4.78, 5) is 21.6. The first-order chi connectivity index (χ1) is 18.1. The summed E-state index contributed by atoms with van der Waals surface area (Å²) in [5.41, 5.74) is 0.263. The highest BCUT2D eigenvalue weighted by molar-refractivity contribution is 7.89. The SMILES string of the molecule is CCN(CC)CCN(C(=O)c1ccc(S(=O)(=O)N(C)CC2CCCO2)cc1)c1nc2c(F)cc(F)cc2s1.Cl. The van der Waals surface area contributed by atoms with E-state index in [1.165, 1.54) is 46.6 Å². The van der Waals surface area contributed by atoms with Gasteiger partial charge >= 0.3 is 0 Å². The maximum absolute atomic E-state index is 14.3. The van der Waals surface area contributed by atoms with Gasteiger partial charge in [0.15, 0.2) is 10.9 Å². The largest absolute Gasteiger partial charge is 0.377 e. The molecule has 0 spiro atoms. The van der Waals surface area contributed by atoms with E-state index in [2.05, 4.69) is 9.88 Å². The molecule has 0 saturated carbocycles. The quantitative estimate of drug-likeness (QED) is 0.314. The minimum absolute atomic E-state index is 0. The van der Waals surface area contributed by atoms with Gasteiger partial charge in [0.25, 0.3) is 5.91 Å². The molecule has 1 fully saturated rings. The van der Waals surface area contributed by atoms with Crippen LogP contribution < -0.4 is 4.90 Å². The molecule has 1 aliphatic rings. The number of sulfonamides is 1. The second-order valence-electron chi connectivity index (χ2n) is 9.16. The van der Waals surface area contributed by atoms with Gasteiger partial charge in [0.1, 0.15) is 11.3 Å². The second-order valence-corrected chi connectivity index (χ2v) is 12.2. The fraction of sp³-hybridized carbons (Fsp3) is 0.462. The number of benzene rings is 2. The van der Waals surface area contributed by atoms with Crippen LogP contribution in [-0.4, -0.2) is 81.0 Å². The van der Waals surface area contributed by atoms with E-state index in [9.17, 15) is 22.0 Å². The number of hydrogen-bond donors (Lipinski definition) is 0. The van der Waals surface area contributed by atoms with Crippen molar-refractivity contribution >= 4 is 55.0 Å². The number of anilines is 1. The van der Waals surface area contributed by atoms with Crippen molar-refractivity contribution in [1.82, 2.24) is 14.2 Å². The van der Waals surface area contributed by atoms with Crippen LogP contribution in [0.15, 0.2) is 41.3 Å². The lowest BCUT2D eigenvalue weighted by atomic mass is 10.2.